The first-order valence-corrected chi connectivity index (χ1v) is 23.8. The Morgan fingerprint density at radius 3 is 1.23 bits per heavy atom. The van der Waals surface area contributed by atoms with Gasteiger partial charge in [0.15, 0.2) is 6.10 Å². The minimum Gasteiger partial charge on any atom is -0.462 e. The fourth-order valence-corrected chi connectivity index (χ4v) is 6.54. The maximum absolute atomic E-state index is 12.7. The molecule has 0 aromatic rings. The van der Waals surface area contributed by atoms with Gasteiger partial charge in [-0.25, -0.2) is 0 Å². The van der Waals surface area contributed by atoms with E-state index in [1.807, 2.05) is 6.08 Å². The third kappa shape index (κ3) is 44.1. The van der Waals surface area contributed by atoms with Gasteiger partial charge in [-0.3, -0.25) is 14.4 Å². The van der Waals surface area contributed by atoms with Gasteiger partial charge in [-0.1, -0.05) is 210 Å². The minimum absolute atomic E-state index is 0.105. The molecule has 0 bridgehead atoms. The van der Waals surface area contributed by atoms with Crippen LogP contribution in [0.3, 0.4) is 0 Å². The Kier molecular flexibility index (Phi) is 43.5. The number of carbonyl (C=O) groups is 3. The molecule has 57 heavy (non-hydrogen) atoms. The molecular formula is C51H88O6. The van der Waals surface area contributed by atoms with Crippen molar-refractivity contribution in [2.24, 2.45) is 0 Å². The molecule has 0 spiro atoms. The number of hydrogen-bond acceptors (Lipinski definition) is 6. The third-order valence-corrected chi connectivity index (χ3v) is 10.1. The van der Waals surface area contributed by atoms with Crippen LogP contribution < -0.4 is 0 Å². The van der Waals surface area contributed by atoms with Gasteiger partial charge < -0.3 is 14.2 Å². The summed E-state index contributed by atoms with van der Waals surface area (Å²) in [6, 6.07) is 0. The quantitative estimate of drug-likeness (QED) is 0.0265. The van der Waals surface area contributed by atoms with E-state index in [4.69, 9.17) is 14.2 Å². The van der Waals surface area contributed by atoms with Gasteiger partial charge in [0.1, 0.15) is 13.2 Å². The van der Waals surface area contributed by atoms with Crippen LogP contribution in [0.25, 0.3) is 0 Å². The second kappa shape index (κ2) is 45.8. The second-order valence-electron chi connectivity index (χ2n) is 15.6. The van der Waals surface area contributed by atoms with E-state index in [9.17, 15) is 14.4 Å². The first-order valence-electron chi connectivity index (χ1n) is 23.8. The Balaban J connectivity index is 4.34. The zero-order valence-electron chi connectivity index (χ0n) is 37.3. The Bertz CT molecular complexity index is 1050. The fraction of sp³-hybridized carbons (Fsp3) is 0.745. The van der Waals surface area contributed by atoms with Crippen LogP contribution >= 0.6 is 0 Å². The van der Waals surface area contributed by atoms with Crippen molar-refractivity contribution in [3.05, 3.63) is 60.8 Å². The Labute approximate surface area is 351 Å². The molecule has 0 N–H and O–H groups in total. The zero-order valence-corrected chi connectivity index (χ0v) is 37.3. The summed E-state index contributed by atoms with van der Waals surface area (Å²) in [4.78, 5) is 37.7. The molecule has 0 heterocycles. The van der Waals surface area contributed by atoms with E-state index >= 15 is 0 Å². The summed E-state index contributed by atoms with van der Waals surface area (Å²) in [6.07, 6.45) is 55.3. The molecule has 0 aliphatic carbocycles. The lowest BCUT2D eigenvalue weighted by atomic mass is 10.0. The minimum atomic E-state index is -0.812. The number of unbranched alkanes of at least 4 members (excludes halogenated alkanes) is 22. The Morgan fingerprint density at radius 2 is 0.754 bits per heavy atom. The van der Waals surface area contributed by atoms with Crippen molar-refractivity contribution >= 4 is 17.9 Å². The van der Waals surface area contributed by atoms with E-state index in [0.717, 1.165) is 89.9 Å². The molecule has 6 nitrogen and oxygen atoms in total. The van der Waals surface area contributed by atoms with Crippen molar-refractivity contribution in [3.63, 3.8) is 0 Å². The highest BCUT2D eigenvalue weighted by Gasteiger charge is 2.19. The zero-order chi connectivity index (χ0) is 41.5. The Morgan fingerprint density at radius 1 is 0.386 bits per heavy atom. The van der Waals surface area contributed by atoms with Gasteiger partial charge in [0, 0.05) is 12.8 Å². The van der Waals surface area contributed by atoms with Crippen LogP contribution in [0.4, 0.5) is 0 Å². The van der Waals surface area contributed by atoms with Crippen LogP contribution in [0, 0.1) is 0 Å². The molecule has 0 amide bonds. The van der Waals surface area contributed by atoms with Crippen molar-refractivity contribution < 1.29 is 28.6 Å². The summed E-state index contributed by atoms with van der Waals surface area (Å²) in [5, 5.41) is 0. The number of esters is 3. The first kappa shape index (κ1) is 54.1. The normalized spacial score (nSPS) is 12.5. The Hall–Kier alpha value is -2.89. The van der Waals surface area contributed by atoms with E-state index in [1.165, 1.54) is 96.3 Å². The molecule has 0 radical (unpaired) electrons. The monoisotopic (exact) mass is 797 g/mol. The van der Waals surface area contributed by atoms with E-state index in [1.54, 1.807) is 6.08 Å². The van der Waals surface area contributed by atoms with Crippen molar-refractivity contribution in [2.45, 2.75) is 232 Å². The molecule has 0 rings (SSSR count). The van der Waals surface area contributed by atoms with Gasteiger partial charge in [0.25, 0.3) is 0 Å². The lowest BCUT2D eigenvalue weighted by Crippen LogP contribution is -2.30. The molecular weight excluding hydrogens is 709 g/mol. The van der Waals surface area contributed by atoms with Crippen LogP contribution in [0.15, 0.2) is 60.8 Å². The molecule has 6 heteroatoms. The van der Waals surface area contributed by atoms with Gasteiger partial charge >= 0.3 is 17.9 Å². The van der Waals surface area contributed by atoms with Crippen LogP contribution in [0.2, 0.25) is 0 Å². The van der Waals surface area contributed by atoms with Crippen LogP contribution in [0.5, 0.6) is 0 Å². The highest BCUT2D eigenvalue weighted by Crippen LogP contribution is 2.15. The summed E-state index contributed by atoms with van der Waals surface area (Å²) >= 11 is 0. The second-order valence-corrected chi connectivity index (χ2v) is 15.6. The number of ether oxygens (including phenoxy) is 3. The summed E-state index contributed by atoms with van der Waals surface area (Å²) in [6.45, 7) is 6.30. The molecule has 0 aliphatic heterocycles. The molecule has 1 unspecified atom stereocenters. The number of rotatable bonds is 42. The molecule has 0 aliphatic rings. The molecule has 0 saturated carbocycles. The van der Waals surface area contributed by atoms with E-state index in [-0.39, 0.29) is 31.6 Å². The summed E-state index contributed by atoms with van der Waals surface area (Å²) in [7, 11) is 0. The highest BCUT2D eigenvalue weighted by molar-refractivity contribution is 5.72. The summed E-state index contributed by atoms with van der Waals surface area (Å²) in [5.41, 5.74) is 0. The maximum atomic E-state index is 12.7. The predicted octanol–water partition coefficient (Wildman–Crippen LogP) is 15.3. The van der Waals surface area contributed by atoms with Crippen LogP contribution in [-0.2, 0) is 28.6 Å². The lowest BCUT2D eigenvalue weighted by Gasteiger charge is -2.18. The third-order valence-electron chi connectivity index (χ3n) is 10.1. The number of carbonyl (C=O) groups excluding carboxylic acids is 3. The smallest absolute Gasteiger partial charge is 0.309 e. The number of allylic oxidation sites excluding steroid dienone is 9. The molecule has 328 valence electrons. The SMILES string of the molecule is CC/C=C\C/C=C\C/C=C\CC(=O)OCC(COC(=O)CCCCCCCCCCCCCCCCCCCC)OC(=O)CCCCCCC/C=C\C/C=C\CC. The van der Waals surface area contributed by atoms with E-state index in [0.29, 0.717) is 12.8 Å². The average Bonchev–Trinajstić information content (AvgIpc) is 3.21. The van der Waals surface area contributed by atoms with Gasteiger partial charge in [-0.2, -0.15) is 0 Å². The van der Waals surface area contributed by atoms with Crippen molar-refractivity contribution in [1.82, 2.24) is 0 Å². The summed E-state index contributed by atoms with van der Waals surface area (Å²) in [5.74, 6) is -1.05. The maximum Gasteiger partial charge on any atom is 0.309 e. The van der Waals surface area contributed by atoms with E-state index in [2.05, 4.69) is 69.4 Å². The van der Waals surface area contributed by atoms with Crippen molar-refractivity contribution in [3.8, 4) is 0 Å². The topological polar surface area (TPSA) is 78.9 Å². The molecule has 0 saturated heterocycles. The van der Waals surface area contributed by atoms with Gasteiger partial charge in [0.2, 0.25) is 0 Å². The standard InChI is InChI=1S/C51H88O6/c1-4-7-10-13-16-19-21-23-24-25-26-27-28-30-32-35-38-41-44-50(53)56-47-48(46-55-49(52)43-40-37-34-31-18-15-12-9-6-3)57-51(54)45-42-39-36-33-29-22-20-17-14-11-8-5-2/h8-9,11-12,17-18,20,31,37,40,48H,4-7,10,13-16,19,21-30,32-36,38-39,41-47H2,1-3H3/b11-8-,12-9-,20-17-,31-18-,40-37-. The van der Waals surface area contributed by atoms with Gasteiger partial charge in [-0.05, 0) is 57.8 Å². The lowest BCUT2D eigenvalue weighted by molar-refractivity contribution is -0.166. The van der Waals surface area contributed by atoms with Crippen molar-refractivity contribution in [2.75, 3.05) is 13.2 Å². The molecule has 0 fully saturated rings. The summed E-state index contributed by atoms with van der Waals surface area (Å²) < 4.78 is 16.6. The van der Waals surface area contributed by atoms with Gasteiger partial charge in [-0.15, -0.1) is 0 Å². The number of hydrogen-bond donors (Lipinski definition) is 0. The predicted molar refractivity (Wildman–Crippen MR) is 242 cm³/mol. The average molecular weight is 797 g/mol. The largest absolute Gasteiger partial charge is 0.462 e. The fourth-order valence-electron chi connectivity index (χ4n) is 6.54. The molecule has 1 atom stereocenters. The van der Waals surface area contributed by atoms with Crippen molar-refractivity contribution in [1.29, 1.82) is 0 Å². The van der Waals surface area contributed by atoms with Gasteiger partial charge in [0.05, 0.1) is 6.42 Å². The molecule has 0 aromatic heterocycles. The highest BCUT2D eigenvalue weighted by atomic mass is 16.6. The van der Waals surface area contributed by atoms with E-state index < -0.39 is 12.1 Å². The molecule has 0 aromatic carbocycles. The first-order chi connectivity index (χ1) is 28.0. The van der Waals surface area contributed by atoms with Crippen LogP contribution in [0.1, 0.15) is 226 Å². The van der Waals surface area contributed by atoms with Crippen LogP contribution in [-0.4, -0.2) is 37.2 Å².